The number of aromatic nitrogens is 2. The lowest BCUT2D eigenvalue weighted by Crippen LogP contribution is -2.41. The molecule has 26 heavy (non-hydrogen) atoms. The van der Waals surface area contributed by atoms with Crippen LogP contribution in [0.5, 0.6) is 0 Å². The van der Waals surface area contributed by atoms with Crippen LogP contribution in [0.4, 0.5) is 0 Å². The highest BCUT2D eigenvalue weighted by atomic mass is 28.3. The predicted octanol–water partition coefficient (Wildman–Crippen LogP) is 3.65. The van der Waals surface area contributed by atoms with Gasteiger partial charge in [-0.2, -0.15) is 0 Å². The van der Waals surface area contributed by atoms with Crippen molar-refractivity contribution in [2.75, 3.05) is 6.61 Å². The first-order chi connectivity index (χ1) is 12.0. The molecule has 0 aromatic carbocycles. The topological polar surface area (TPSA) is 45.5 Å². The second-order valence-corrected chi connectivity index (χ2v) is 15.0. The molecule has 0 bridgehead atoms. The van der Waals surface area contributed by atoms with E-state index < -0.39 is 8.07 Å². The highest BCUT2D eigenvalue weighted by Crippen LogP contribution is 2.36. The van der Waals surface area contributed by atoms with Crippen molar-refractivity contribution in [2.24, 2.45) is 0 Å². The van der Waals surface area contributed by atoms with E-state index in [0.29, 0.717) is 6.73 Å². The summed E-state index contributed by atoms with van der Waals surface area (Å²) in [7, 11) is -1.45. The van der Waals surface area contributed by atoms with Crippen LogP contribution >= 0.6 is 0 Å². The van der Waals surface area contributed by atoms with Crippen LogP contribution in [0.15, 0.2) is 24.5 Å². The Balaban J connectivity index is 1.77. The van der Waals surface area contributed by atoms with Crippen LogP contribution in [0.3, 0.4) is 0 Å². The van der Waals surface area contributed by atoms with Crippen LogP contribution in [0.25, 0.3) is 11.0 Å². The molecule has 0 amide bonds. The van der Waals surface area contributed by atoms with Crippen molar-refractivity contribution in [2.45, 2.75) is 71.3 Å². The van der Waals surface area contributed by atoms with Gasteiger partial charge in [0.1, 0.15) is 12.4 Å². The van der Waals surface area contributed by atoms with Crippen LogP contribution in [0.1, 0.15) is 27.7 Å². The minimum absolute atomic E-state index is 0.351. The first-order valence-electron chi connectivity index (χ1n) is 9.37. The summed E-state index contributed by atoms with van der Waals surface area (Å²) in [6, 6.07) is 5.23. The maximum Gasteiger partial charge on any atom is 0.495 e. The Morgan fingerprint density at radius 3 is 2.38 bits per heavy atom. The number of rotatable bonds is 6. The molecule has 3 heterocycles. The Bertz CT molecular complexity index is 767. The normalized spacial score (nSPS) is 19.4. The Labute approximate surface area is 158 Å². The van der Waals surface area contributed by atoms with E-state index in [1.165, 1.54) is 6.04 Å². The third-order valence-corrected chi connectivity index (χ3v) is 7.13. The van der Waals surface area contributed by atoms with Crippen molar-refractivity contribution in [1.29, 1.82) is 0 Å². The molecular weight excluding hydrogens is 343 g/mol. The monoisotopic (exact) mass is 374 g/mol. The van der Waals surface area contributed by atoms with Gasteiger partial charge in [-0.3, -0.25) is 0 Å². The van der Waals surface area contributed by atoms with Crippen molar-refractivity contribution in [1.82, 2.24) is 9.55 Å². The Morgan fingerprint density at radius 1 is 1.12 bits per heavy atom. The summed E-state index contributed by atoms with van der Waals surface area (Å²) in [5, 5.41) is 1.06. The van der Waals surface area contributed by atoms with E-state index in [9.17, 15) is 0 Å². The molecular formula is C19H31BN2O3Si. The van der Waals surface area contributed by atoms with E-state index in [1.807, 2.05) is 23.0 Å². The molecule has 0 saturated carbocycles. The average molecular weight is 374 g/mol. The molecule has 5 nitrogen and oxygen atoms in total. The summed E-state index contributed by atoms with van der Waals surface area (Å²) >= 11 is 0. The van der Waals surface area contributed by atoms with Crippen molar-refractivity contribution < 1.29 is 14.0 Å². The van der Waals surface area contributed by atoms with Gasteiger partial charge in [0.25, 0.3) is 0 Å². The lowest BCUT2D eigenvalue weighted by Gasteiger charge is -2.32. The maximum atomic E-state index is 6.22. The number of fused-ring (bicyclic) bond motifs is 1. The predicted molar refractivity (Wildman–Crippen MR) is 110 cm³/mol. The molecule has 0 radical (unpaired) electrons. The first-order valence-corrected chi connectivity index (χ1v) is 13.1. The molecule has 3 rings (SSSR count). The minimum atomic E-state index is -1.07. The van der Waals surface area contributed by atoms with Crippen molar-refractivity contribution in [3.05, 3.63) is 24.5 Å². The van der Waals surface area contributed by atoms with Crippen molar-refractivity contribution in [3.8, 4) is 0 Å². The van der Waals surface area contributed by atoms with Crippen LogP contribution < -0.4 is 5.46 Å². The van der Waals surface area contributed by atoms with Gasteiger partial charge >= 0.3 is 7.12 Å². The molecule has 1 fully saturated rings. The highest BCUT2D eigenvalue weighted by Gasteiger charge is 2.52. The maximum absolute atomic E-state index is 6.22. The molecule has 0 unspecified atom stereocenters. The third kappa shape index (κ3) is 3.91. The summed E-state index contributed by atoms with van der Waals surface area (Å²) in [4.78, 5) is 4.55. The van der Waals surface area contributed by atoms with Gasteiger partial charge in [-0.05, 0) is 51.3 Å². The molecule has 0 atom stereocenters. The van der Waals surface area contributed by atoms with Gasteiger partial charge < -0.3 is 18.6 Å². The van der Waals surface area contributed by atoms with E-state index in [1.54, 1.807) is 0 Å². The fraction of sp³-hybridized carbons (Fsp3) is 0.632. The molecule has 2 aromatic heterocycles. The molecule has 7 heteroatoms. The number of ether oxygens (including phenoxy) is 1. The summed E-state index contributed by atoms with van der Waals surface area (Å²) in [5.74, 6) is 0. The first kappa shape index (κ1) is 19.6. The molecule has 1 aliphatic rings. The van der Waals surface area contributed by atoms with Gasteiger partial charge in [-0.1, -0.05) is 19.6 Å². The average Bonchev–Trinajstić information content (AvgIpc) is 3.01. The van der Waals surface area contributed by atoms with Gasteiger partial charge in [0, 0.05) is 32.5 Å². The number of hydrogen-bond donors (Lipinski definition) is 0. The van der Waals surface area contributed by atoms with E-state index >= 15 is 0 Å². The second kappa shape index (κ2) is 6.78. The number of nitrogens with zero attached hydrogens (tertiary/aromatic N) is 2. The zero-order valence-electron chi connectivity index (χ0n) is 17.1. The summed E-state index contributed by atoms with van der Waals surface area (Å²) in [6.45, 7) is 16.7. The standard InChI is InChI=1S/C19H31BN2O3Si/c1-18(2)19(3,4)25-20(24-18)16-8-10-21-17-15(16)9-11-22(17)14-23-12-13-26(5,6)7/h8-11H,12-14H2,1-7H3. The summed E-state index contributed by atoms with van der Waals surface area (Å²) < 4.78 is 20.4. The smallest absolute Gasteiger partial charge is 0.399 e. The van der Waals surface area contributed by atoms with Crippen LogP contribution in [0.2, 0.25) is 25.7 Å². The van der Waals surface area contributed by atoms with E-state index in [0.717, 1.165) is 23.1 Å². The molecule has 0 spiro atoms. The number of pyridine rings is 1. The van der Waals surface area contributed by atoms with Gasteiger partial charge in [0.2, 0.25) is 0 Å². The molecule has 1 aliphatic heterocycles. The van der Waals surface area contributed by atoms with Crippen molar-refractivity contribution >= 4 is 31.7 Å². The quantitative estimate of drug-likeness (QED) is 0.572. The highest BCUT2D eigenvalue weighted by molar-refractivity contribution is 6.76. The zero-order chi connectivity index (χ0) is 19.2. The largest absolute Gasteiger partial charge is 0.495 e. The van der Waals surface area contributed by atoms with Crippen LogP contribution in [0, 0.1) is 0 Å². The van der Waals surface area contributed by atoms with Gasteiger partial charge in [-0.25, -0.2) is 4.98 Å². The molecule has 0 aliphatic carbocycles. The molecule has 0 N–H and O–H groups in total. The van der Waals surface area contributed by atoms with Crippen molar-refractivity contribution in [3.63, 3.8) is 0 Å². The Kier molecular flexibility index (Phi) is 5.12. The minimum Gasteiger partial charge on any atom is -0.399 e. The molecule has 1 saturated heterocycles. The fourth-order valence-corrected chi connectivity index (χ4v) is 3.69. The summed E-state index contributed by atoms with van der Waals surface area (Å²) in [5.41, 5.74) is 1.23. The van der Waals surface area contributed by atoms with E-state index in [4.69, 9.17) is 14.0 Å². The van der Waals surface area contributed by atoms with Crippen LogP contribution in [-0.2, 0) is 20.8 Å². The van der Waals surface area contributed by atoms with Gasteiger partial charge in [-0.15, -0.1) is 0 Å². The Morgan fingerprint density at radius 2 is 1.77 bits per heavy atom. The second-order valence-electron chi connectivity index (χ2n) is 9.36. The zero-order valence-corrected chi connectivity index (χ0v) is 18.1. The van der Waals surface area contributed by atoms with Crippen LogP contribution in [-0.4, -0.2) is 42.6 Å². The van der Waals surface area contributed by atoms with Gasteiger partial charge in [0.15, 0.2) is 0 Å². The number of hydrogen-bond acceptors (Lipinski definition) is 4. The molecule has 2 aromatic rings. The lowest BCUT2D eigenvalue weighted by molar-refractivity contribution is 0.00578. The van der Waals surface area contributed by atoms with Gasteiger partial charge in [0.05, 0.1) is 11.2 Å². The third-order valence-electron chi connectivity index (χ3n) is 5.43. The Hall–Kier alpha value is -1.15. The van der Waals surface area contributed by atoms with E-state index in [2.05, 4.69) is 58.4 Å². The fourth-order valence-electron chi connectivity index (χ4n) is 2.93. The lowest BCUT2D eigenvalue weighted by atomic mass is 9.78. The molecule has 142 valence electrons. The SMILES string of the molecule is CC1(C)OB(c2ccnc3c2ccn3COCC[Si](C)(C)C)OC1(C)C. The van der Waals surface area contributed by atoms with E-state index in [-0.39, 0.29) is 18.3 Å². The summed E-state index contributed by atoms with van der Waals surface area (Å²) in [6.07, 6.45) is 3.85.